The van der Waals surface area contributed by atoms with Gasteiger partial charge in [-0.2, -0.15) is 0 Å². The third-order valence-electron chi connectivity index (χ3n) is 6.34. The van der Waals surface area contributed by atoms with Crippen LogP contribution in [0.25, 0.3) is 22.2 Å². The second kappa shape index (κ2) is 6.99. The molecule has 0 saturated carbocycles. The van der Waals surface area contributed by atoms with Crippen LogP contribution in [0.15, 0.2) is 30.6 Å². The molecule has 3 heterocycles. The standard InChI is InChI=1S/C24H29N5/c1-16-8-9-22-19(12-16)20-15-28(4)11-10-23(20)29(22)21-7-5-6-18(21)17-13-25-24(26-14-17)27(2)3/h8-9,12-14H,5-7,10-11,15H2,1-4H3. The van der Waals surface area contributed by atoms with Crippen LogP contribution in [-0.4, -0.2) is 47.1 Å². The van der Waals surface area contributed by atoms with E-state index in [4.69, 9.17) is 0 Å². The molecule has 0 radical (unpaired) electrons. The first-order valence-electron chi connectivity index (χ1n) is 10.6. The third-order valence-corrected chi connectivity index (χ3v) is 6.34. The van der Waals surface area contributed by atoms with Crippen LogP contribution in [0.5, 0.6) is 0 Å². The maximum atomic E-state index is 4.57. The molecule has 3 aromatic rings. The van der Waals surface area contributed by atoms with Gasteiger partial charge in [-0.15, -0.1) is 0 Å². The summed E-state index contributed by atoms with van der Waals surface area (Å²) in [4.78, 5) is 13.5. The van der Waals surface area contributed by atoms with Crippen LogP contribution < -0.4 is 4.90 Å². The Balaban J connectivity index is 1.71. The zero-order chi connectivity index (χ0) is 20.1. The number of fused-ring (bicyclic) bond motifs is 3. The zero-order valence-electron chi connectivity index (χ0n) is 17.9. The van der Waals surface area contributed by atoms with Crippen molar-refractivity contribution in [2.24, 2.45) is 0 Å². The molecule has 29 heavy (non-hydrogen) atoms. The topological polar surface area (TPSA) is 37.2 Å². The molecule has 1 aliphatic heterocycles. The smallest absolute Gasteiger partial charge is 0.224 e. The molecule has 0 N–H and O–H groups in total. The molecule has 1 aromatic carbocycles. The molecule has 150 valence electrons. The maximum Gasteiger partial charge on any atom is 0.224 e. The van der Waals surface area contributed by atoms with Crippen molar-refractivity contribution in [3.8, 4) is 0 Å². The average Bonchev–Trinajstić information content (AvgIpc) is 3.30. The normalized spacial score (nSPS) is 17.2. The fraction of sp³-hybridized carbons (Fsp3) is 0.417. The number of nitrogens with zero attached hydrogens (tertiary/aromatic N) is 5. The molecule has 0 spiro atoms. The molecular formula is C24H29N5. The summed E-state index contributed by atoms with van der Waals surface area (Å²) >= 11 is 0. The third kappa shape index (κ3) is 3.04. The Hall–Kier alpha value is -2.66. The van der Waals surface area contributed by atoms with E-state index >= 15 is 0 Å². The molecule has 0 saturated heterocycles. The highest BCUT2D eigenvalue weighted by Crippen LogP contribution is 2.42. The number of anilines is 1. The number of aromatic nitrogens is 3. The van der Waals surface area contributed by atoms with Crippen molar-refractivity contribution in [1.29, 1.82) is 0 Å². The van der Waals surface area contributed by atoms with Gasteiger partial charge in [0.25, 0.3) is 0 Å². The van der Waals surface area contributed by atoms with E-state index in [1.54, 1.807) is 0 Å². The Morgan fingerprint density at radius 3 is 2.59 bits per heavy atom. The summed E-state index contributed by atoms with van der Waals surface area (Å²) in [6, 6.07) is 6.93. The Bertz CT molecular complexity index is 1100. The summed E-state index contributed by atoms with van der Waals surface area (Å²) < 4.78 is 2.58. The monoisotopic (exact) mass is 387 g/mol. The number of allylic oxidation sites excluding steroid dienone is 2. The Labute approximate surface area is 172 Å². The van der Waals surface area contributed by atoms with Crippen molar-refractivity contribution >= 4 is 28.1 Å². The van der Waals surface area contributed by atoms with Gasteiger partial charge in [0.15, 0.2) is 0 Å². The van der Waals surface area contributed by atoms with E-state index in [-0.39, 0.29) is 0 Å². The van der Waals surface area contributed by atoms with Gasteiger partial charge < -0.3 is 14.4 Å². The summed E-state index contributed by atoms with van der Waals surface area (Å²) in [5, 5.41) is 1.42. The summed E-state index contributed by atoms with van der Waals surface area (Å²) in [5.74, 6) is 0.760. The van der Waals surface area contributed by atoms with Gasteiger partial charge in [0.1, 0.15) is 0 Å². The summed E-state index contributed by atoms with van der Waals surface area (Å²) in [6.45, 7) is 4.34. The predicted molar refractivity (Wildman–Crippen MR) is 120 cm³/mol. The van der Waals surface area contributed by atoms with Gasteiger partial charge in [-0.05, 0) is 56.5 Å². The van der Waals surface area contributed by atoms with Gasteiger partial charge in [0, 0.05) is 68.3 Å². The molecule has 0 amide bonds. The van der Waals surface area contributed by atoms with E-state index in [0.717, 1.165) is 38.3 Å². The van der Waals surface area contributed by atoms with Crippen molar-refractivity contribution < 1.29 is 0 Å². The molecule has 0 atom stereocenters. The second-order valence-corrected chi connectivity index (χ2v) is 8.71. The van der Waals surface area contributed by atoms with Gasteiger partial charge >= 0.3 is 0 Å². The lowest BCUT2D eigenvalue weighted by atomic mass is 10.0. The Morgan fingerprint density at radius 2 is 1.83 bits per heavy atom. The number of rotatable bonds is 3. The van der Waals surface area contributed by atoms with E-state index in [9.17, 15) is 0 Å². The Kier molecular flexibility index (Phi) is 4.43. The fourth-order valence-electron chi connectivity index (χ4n) is 4.91. The molecule has 0 fully saturated rings. The average molecular weight is 388 g/mol. The molecule has 5 rings (SSSR count). The zero-order valence-corrected chi connectivity index (χ0v) is 17.9. The van der Waals surface area contributed by atoms with Gasteiger partial charge in [-0.3, -0.25) is 0 Å². The van der Waals surface area contributed by atoms with Crippen LogP contribution >= 0.6 is 0 Å². The summed E-state index contributed by atoms with van der Waals surface area (Å²) in [7, 11) is 6.19. The minimum absolute atomic E-state index is 0.760. The van der Waals surface area contributed by atoms with E-state index in [2.05, 4.69) is 51.6 Å². The SMILES string of the molecule is Cc1ccc2c(c1)c1c(n2C2=C(c3cnc(N(C)C)nc3)CCC2)CCN(C)C1. The van der Waals surface area contributed by atoms with Crippen LogP contribution in [0.3, 0.4) is 0 Å². The van der Waals surface area contributed by atoms with E-state index < -0.39 is 0 Å². The number of aryl methyl sites for hydroxylation is 1. The minimum Gasteiger partial charge on any atom is -0.347 e. The van der Waals surface area contributed by atoms with Gasteiger partial charge in [-0.1, -0.05) is 11.6 Å². The van der Waals surface area contributed by atoms with Crippen molar-refractivity contribution in [3.63, 3.8) is 0 Å². The highest BCUT2D eigenvalue weighted by molar-refractivity contribution is 5.95. The predicted octanol–water partition coefficient (Wildman–Crippen LogP) is 4.35. The highest BCUT2D eigenvalue weighted by atomic mass is 15.2. The molecule has 2 aromatic heterocycles. The first-order chi connectivity index (χ1) is 14.0. The van der Waals surface area contributed by atoms with Crippen LogP contribution in [0.1, 0.15) is 41.6 Å². The summed E-state index contributed by atoms with van der Waals surface area (Å²) in [5.41, 5.74) is 9.73. The lowest BCUT2D eigenvalue weighted by Gasteiger charge is -2.25. The van der Waals surface area contributed by atoms with E-state index in [1.165, 1.54) is 51.0 Å². The number of likely N-dealkylation sites (N-methyl/N-ethyl adjacent to an activating group) is 1. The van der Waals surface area contributed by atoms with Crippen LogP contribution in [0.2, 0.25) is 0 Å². The largest absolute Gasteiger partial charge is 0.347 e. The van der Waals surface area contributed by atoms with E-state index in [1.807, 2.05) is 31.4 Å². The number of benzene rings is 1. The van der Waals surface area contributed by atoms with Crippen LogP contribution in [0, 0.1) is 6.92 Å². The van der Waals surface area contributed by atoms with Gasteiger partial charge in [-0.25, -0.2) is 9.97 Å². The van der Waals surface area contributed by atoms with Crippen molar-refractivity contribution in [2.45, 2.75) is 39.2 Å². The quantitative estimate of drug-likeness (QED) is 0.670. The first-order valence-corrected chi connectivity index (χ1v) is 10.6. The first kappa shape index (κ1) is 18.4. The number of hydrogen-bond acceptors (Lipinski definition) is 4. The lowest BCUT2D eigenvalue weighted by Crippen LogP contribution is -2.27. The molecule has 2 aliphatic rings. The summed E-state index contributed by atoms with van der Waals surface area (Å²) in [6.07, 6.45) is 8.51. The van der Waals surface area contributed by atoms with E-state index in [0.29, 0.717) is 0 Å². The minimum atomic E-state index is 0.760. The van der Waals surface area contributed by atoms with Crippen LogP contribution in [-0.2, 0) is 13.0 Å². The molecule has 0 bridgehead atoms. The molecule has 0 unspecified atom stereocenters. The van der Waals surface area contributed by atoms with Gasteiger partial charge in [0.05, 0.1) is 5.52 Å². The van der Waals surface area contributed by atoms with Crippen molar-refractivity contribution in [3.05, 3.63) is 53.0 Å². The molecular weight excluding hydrogens is 358 g/mol. The van der Waals surface area contributed by atoms with Crippen LogP contribution in [0.4, 0.5) is 5.95 Å². The maximum absolute atomic E-state index is 4.57. The molecule has 5 nitrogen and oxygen atoms in total. The second-order valence-electron chi connectivity index (χ2n) is 8.71. The number of hydrogen-bond donors (Lipinski definition) is 0. The van der Waals surface area contributed by atoms with Gasteiger partial charge in [0.2, 0.25) is 5.95 Å². The lowest BCUT2D eigenvalue weighted by molar-refractivity contribution is 0.311. The molecule has 5 heteroatoms. The molecule has 1 aliphatic carbocycles. The Morgan fingerprint density at radius 1 is 1.03 bits per heavy atom. The van der Waals surface area contributed by atoms with Crippen molar-refractivity contribution in [2.75, 3.05) is 32.6 Å². The van der Waals surface area contributed by atoms with Crippen molar-refractivity contribution in [1.82, 2.24) is 19.4 Å². The highest BCUT2D eigenvalue weighted by Gasteiger charge is 2.27. The fourth-order valence-corrected chi connectivity index (χ4v) is 4.91.